The van der Waals surface area contributed by atoms with E-state index in [-0.39, 0.29) is 5.56 Å². The molecule has 0 saturated heterocycles. The molecular weight excluding hydrogens is 367 g/mol. The fourth-order valence-corrected chi connectivity index (χ4v) is 2.44. The fraction of sp³-hybridized carbons (Fsp3) is 0. The minimum atomic E-state index is -1.08. The molecule has 4 nitrogen and oxygen atoms in total. The van der Waals surface area contributed by atoms with Crippen LogP contribution in [0.2, 0.25) is 10.0 Å². The van der Waals surface area contributed by atoms with E-state index >= 15 is 0 Å². The molecule has 104 valence electrons. The number of hydrogen-bond donors (Lipinski definition) is 3. The Hall–Kier alpha value is -1.43. The van der Waals surface area contributed by atoms with Gasteiger partial charge in [-0.3, -0.25) is 0 Å². The van der Waals surface area contributed by atoms with Crippen molar-refractivity contribution < 1.29 is 9.90 Å². The maximum absolute atomic E-state index is 11.2. The SMILES string of the molecule is Nc1ccc(Nc2ccc(Br)c(Cl)c2Cl)c(C(=O)O)c1. The summed E-state index contributed by atoms with van der Waals surface area (Å²) in [5.74, 6) is -1.08. The molecule has 0 amide bonds. The summed E-state index contributed by atoms with van der Waals surface area (Å²) in [6.45, 7) is 0. The van der Waals surface area contributed by atoms with Crippen molar-refractivity contribution in [2.75, 3.05) is 11.1 Å². The monoisotopic (exact) mass is 374 g/mol. The summed E-state index contributed by atoms with van der Waals surface area (Å²) in [7, 11) is 0. The van der Waals surface area contributed by atoms with Crippen LogP contribution in [-0.2, 0) is 0 Å². The summed E-state index contributed by atoms with van der Waals surface area (Å²) in [6.07, 6.45) is 0. The molecule has 2 rings (SSSR count). The van der Waals surface area contributed by atoms with Gasteiger partial charge < -0.3 is 16.2 Å². The number of nitrogen functional groups attached to an aromatic ring is 1. The first-order valence-electron chi connectivity index (χ1n) is 5.43. The zero-order valence-corrected chi connectivity index (χ0v) is 13.1. The minimum Gasteiger partial charge on any atom is -0.478 e. The number of hydrogen-bond acceptors (Lipinski definition) is 3. The second-order valence-corrected chi connectivity index (χ2v) is 5.57. The first-order chi connectivity index (χ1) is 9.40. The van der Waals surface area contributed by atoms with Gasteiger partial charge in [0.2, 0.25) is 0 Å². The van der Waals surface area contributed by atoms with Crippen molar-refractivity contribution in [2.24, 2.45) is 0 Å². The summed E-state index contributed by atoms with van der Waals surface area (Å²) in [6, 6.07) is 7.96. The molecule has 2 aromatic rings. The average Bonchev–Trinajstić information content (AvgIpc) is 2.41. The van der Waals surface area contributed by atoms with Crippen molar-refractivity contribution in [2.45, 2.75) is 0 Å². The molecule has 0 aliphatic heterocycles. The first kappa shape index (κ1) is 15.0. The van der Waals surface area contributed by atoms with Gasteiger partial charge in [-0.15, -0.1) is 0 Å². The Balaban J connectivity index is 2.45. The molecule has 0 atom stereocenters. The van der Waals surface area contributed by atoms with E-state index in [1.54, 1.807) is 24.3 Å². The van der Waals surface area contributed by atoms with Crippen molar-refractivity contribution in [1.82, 2.24) is 0 Å². The third kappa shape index (κ3) is 3.00. The number of carboxylic acids is 1. The molecule has 4 N–H and O–H groups in total. The number of aromatic carboxylic acids is 1. The van der Waals surface area contributed by atoms with E-state index in [4.69, 9.17) is 28.9 Å². The van der Waals surface area contributed by atoms with Crippen LogP contribution in [0.1, 0.15) is 10.4 Å². The van der Waals surface area contributed by atoms with Crippen LogP contribution in [0.25, 0.3) is 0 Å². The van der Waals surface area contributed by atoms with Gasteiger partial charge in [0.05, 0.1) is 27.0 Å². The van der Waals surface area contributed by atoms with E-state index < -0.39 is 5.97 Å². The number of benzene rings is 2. The number of nitrogens with two attached hydrogens (primary N) is 1. The largest absolute Gasteiger partial charge is 0.478 e. The number of carboxylic acid groups (broad SMARTS) is 1. The number of carbonyl (C=O) groups is 1. The lowest BCUT2D eigenvalue weighted by molar-refractivity contribution is 0.0698. The first-order valence-corrected chi connectivity index (χ1v) is 6.98. The summed E-state index contributed by atoms with van der Waals surface area (Å²) < 4.78 is 0.658. The summed E-state index contributed by atoms with van der Waals surface area (Å²) in [5.41, 5.74) is 6.90. The zero-order valence-electron chi connectivity index (χ0n) is 9.95. The average molecular weight is 376 g/mol. The highest BCUT2D eigenvalue weighted by Gasteiger charge is 2.13. The Morgan fingerprint density at radius 3 is 2.45 bits per heavy atom. The molecule has 0 fully saturated rings. The Kier molecular flexibility index (Phi) is 4.42. The third-order valence-electron chi connectivity index (χ3n) is 2.58. The molecule has 0 aliphatic rings. The van der Waals surface area contributed by atoms with Crippen LogP contribution >= 0.6 is 39.1 Å². The second-order valence-electron chi connectivity index (χ2n) is 3.96. The van der Waals surface area contributed by atoms with E-state index in [0.717, 1.165) is 0 Å². The van der Waals surface area contributed by atoms with Gasteiger partial charge in [-0.1, -0.05) is 23.2 Å². The Morgan fingerprint density at radius 2 is 1.80 bits per heavy atom. The predicted molar refractivity (Wildman–Crippen MR) is 85.3 cm³/mol. The van der Waals surface area contributed by atoms with E-state index in [1.165, 1.54) is 6.07 Å². The lowest BCUT2D eigenvalue weighted by Crippen LogP contribution is -2.04. The van der Waals surface area contributed by atoms with Crippen LogP contribution in [0.15, 0.2) is 34.8 Å². The summed E-state index contributed by atoms with van der Waals surface area (Å²) in [5, 5.41) is 12.8. The van der Waals surface area contributed by atoms with Crippen molar-refractivity contribution >= 4 is 62.2 Å². The molecule has 0 spiro atoms. The van der Waals surface area contributed by atoms with Crippen molar-refractivity contribution in [3.05, 3.63) is 50.4 Å². The topological polar surface area (TPSA) is 75.3 Å². The fourth-order valence-electron chi connectivity index (χ4n) is 1.62. The van der Waals surface area contributed by atoms with Crippen molar-refractivity contribution in [1.29, 1.82) is 0 Å². The molecule has 20 heavy (non-hydrogen) atoms. The molecule has 0 radical (unpaired) electrons. The van der Waals surface area contributed by atoms with E-state index in [0.29, 0.717) is 31.6 Å². The van der Waals surface area contributed by atoms with Crippen LogP contribution in [-0.4, -0.2) is 11.1 Å². The maximum Gasteiger partial charge on any atom is 0.337 e. The van der Waals surface area contributed by atoms with Crippen LogP contribution in [0.5, 0.6) is 0 Å². The normalized spacial score (nSPS) is 10.3. The van der Waals surface area contributed by atoms with Gasteiger partial charge in [0, 0.05) is 10.2 Å². The highest BCUT2D eigenvalue weighted by atomic mass is 79.9. The Bertz CT molecular complexity index is 692. The molecule has 0 unspecified atom stereocenters. The smallest absolute Gasteiger partial charge is 0.337 e. The highest BCUT2D eigenvalue weighted by molar-refractivity contribution is 9.10. The van der Waals surface area contributed by atoms with Gasteiger partial charge >= 0.3 is 5.97 Å². The second kappa shape index (κ2) is 5.91. The van der Waals surface area contributed by atoms with Gasteiger partial charge in [0.15, 0.2) is 0 Å². The van der Waals surface area contributed by atoms with Crippen LogP contribution in [0.3, 0.4) is 0 Å². The van der Waals surface area contributed by atoms with E-state index in [2.05, 4.69) is 21.2 Å². The van der Waals surface area contributed by atoms with Crippen molar-refractivity contribution in [3.63, 3.8) is 0 Å². The van der Waals surface area contributed by atoms with Crippen LogP contribution < -0.4 is 11.1 Å². The molecule has 7 heteroatoms. The Morgan fingerprint density at radius 1 is 1.15 bits per heavy atom. The minimum absolute atomic E-state index is 0.0557. The Labute approximate surface area is 133 Å². The third-order valence-corrected chi connectivity index (χ3v) is 4.35. The molecule has 0 aliphatic carbocycles. The number of halogens is 3. The molecule has 0 aromatic heterocycles. The summed E-state index contributed by atoms with van der Waals surface area (Å²) >= 11 is 15.4. The van der Waals surface area contributed by atoms with Gasteiger partial charge in [0.25, 0.3) is 0 Å². The van der Waals surface area contributed by atoms with Gasteiger partial charge in [-0.2, -0.15) is 0 Å². The number of anilines is 3. The quantitative estimate of drug-likeness (QED) is 0.533. The molecule has 0 bridgehead atoms. The molecule has 2 aromatic carbocycles. The molecule has 0 saturated carbocycles. The van der Waals surface area contributed by atoms with E-state index in [1.807, 2.05) is 0 Å². The molecular formula is C13H9BrCl2N2O2. The van der Waals surface area contributed by atoms with E-state index in [9.17, 15) is 9.90 Å². The van der Waals surface area contributed by atoms with Gasteiger partial charge in [-0.05, 0) is 46.3 Å². The summed E-state index contributed by atoms with van der Waals surface area (Å²) in [4.78, 5) is 11.2. The predicted octanol–water partition coefficient (Wildman–Crippen LogP) is 4.78. The molecule has 0 heterocycles. The standard InChI is InChI=1S/C13H9BrCl2N2O2/c14-8-2-4-10(12(16)11(8)15)18-9-3-1-6(17)5-7(9)13(19)20/h1-5,18H,17H2,(H,19,20). The van der Waals surface area contributed by atoms with Crippen molar-refractivity contribution in [3.8, 4) is 0 Å². The lowest BCUT2D eigenvalue weighted by Gasteiger charge is -2.13. The highest BCUT2D eigenvalue weighted by Crippen LogP contribution is 2.37. The number of nitrogens with one attached hydrogen (secondary N) is 1. The van der Waals surface area contributed by atoms with Crippen LogP contribution in [0, 0.1) is 0 Å². The maximum atomic E-state index is 11.2. The van der Waals surface area contributed by atoms with Gasteiger partial charge in [-0.25, -0.2) is 4.79 Å². The lowest BCUT2D eigenvalue weighted by atomic mass is 10.1. The zero-order chi connectivity index (χ0) is 14.9. The van der Waals surface area contributed by atoms with Gasteiger partial charge in [0.1, 0.15) is 0 Å². The number of rotatable bonds is 3. The van der Waals surface area contributed by atoms with Crippen LogP contribution in [0.4, 0.5) is 17.1 Å².